The van der Waals surface area contributed by atoms with Gasteiger partial charge in [-0.3, -0.25) is 10.1 Å². The van der Waals surface area contributed by atoms with Crippen molar-refractivity contribution in [3.8, 4) is 0 Å². The van der Waals surface area contributed by atoms with Crippen molar-refractivity contribution in [2.45, 2.75) is 40.0 Å². The molecule has 1 amide bonds. The average molecular weight is 303 g/mol. The van der Waals surface area contributed by atoms with Crippen molar-refractivity contribution in [3.05, 3.63) is 40.6 Å². The average Bonchev–Trinajstić information content (AvgIpc) is 2.73. The van der Waals surface area contributed by atoms with Crippen molar-refractivity contribution < 1.29 is 4.79 Å². The molecule has 1 aromatic heterocycles. The number of thiazole rings is 1. The molecule has 0 aliphatic carbocycles. The molecule has 112 valence electrons. The maximum absolute atomic E-state index is 12.3. The predicted molar refractivity (Wildman–Crippen MR) is 89.1 cm³/mol. The van der Waals surface area contributed by atoms with E-state index < -0.39 is 0 Å². The Morgan fingerprint density at radius 2 is 1.90 bits per heavy atom. The summed E-state index contributed by atoms with van der Waals surface area (Å²) in [6, 6.07) is 5.65. The number of aromatic nitrogens is 1. The molecule has 2 aromatic rings. The van der Waals surface area contributed by atoms with Crippen LogP contribution in [0.2, 0.25) is 0 Å². The molecule has 0 saturated carbocycles. The Labute approximate surface area is 129 Å². The number of carbonyl (C=O) groups excluding carboxylic acids is 1. The predicted octanol–water partition coefficient (Wildman–Crippen LogP) is 3.89. The minimum absolute atomic E-state index is 0.135. The molecule has 0 radical (unpaired) electrons. The molecule has 0 atom stereocenters. The minimum Gasteiger partial charge on any atom is -0.389 e. The summed E-state index contributed by atoms with van der Waals surface area (Å²) in [5.74, 6) is -0.160. The number of nitrogens with one attached hydrogen (secondary N) is 1. The summed E-state index contributed by atoms with van der Waals surface area (Å²) >= 11 is 1.31. The Bertz CT molecular complexity index is 683. The van der Waals surface area contributed by atoms with Gasteiger partial charge in [-0.1, -0.05) is 38.2 Å². The lowest BCUT2D eigenvalue weighted by atomic mass is 9.93. The van der Waals surface area contributed by atoms with E-state index in [1.54, 1.807) is 0 Å². The standard InChI is InChI=1S/C16H21N3OS/c1-9-6-7-11(8-10(9)2)14(20)19-15-18-12(13(17)21-15)16(3,4)5/h6-8H,17H2,1-5H3,(H,18,19,20). The lowest BCUT2D eigenvalue weighted by molar-refractivity contribution is 0.102. The number of aryl methyl sites for hydroxylation is 2. The van der Waals surface area contributed by atoms with Gasteiger partial charge in [0, 0.05) is 11.0 Å². The third-order valence-corrected chi connectivity index (χ3v) is 4.15. The van der Waals surface area contributed by atoms with Crippen LogP contribution >= 0.6 is 11.3 Å². The van der Waals surface area contributed by atoms with Crippen LogP contribution in [0.3, 0.4) is 0 Å². The number of amides is 1. The van der Waals surface area contributed by atoms with Crippen molar-refractivity contribution in [1.29, 1.82) is 0 Å². The van der Waals surface area contributed by atoms with Gasteiger partial charge in [-0.15, -0.1) is 0 Å². The molecule has 0 aliphatic rings. The lowest BCUT2D eigenvalue weighted by Gasteiger charge is -2.15. The molecule has 0 bridgehead atoms. The highest BCUT2D eigenvalue weighted by molar-refractivity contribution is 7.19. The van der Waals surface area contributed by atoms with Crippen molar-refractivity contribution in [2.24, 2.45) is 0 Å². The van der Waals surface area contributed by atoms with E-state index in [1.807, 2.05) is 52.8 Å². The van der Waals surface area contributed by atoms with Crippen LogP contribution < -0.4 is 11.1 Å². The smallest absolute Gasteiger partial charge is 0.257 e. The van der Waals surface area contributed by atoms with Crippen LogP contribution in [0.25, 0.3) is 0 Å². The van der Waals surface area contributed by atoms with E-state index in [0.29, 0.717) is 15.7 Å². The molecule has 2 rings (SSSR count). The summed E-state index contributed by atoms with van der Waals surface area (Å²) < 4.78 is 0. The van der Waals surface area contributed by atoms with Crippen molar-refractivity contribution in [3.63, 3.8) is 0 Å². The van der Waals surface area contributed by atoms with Gasteiger partial charge in [0.05, 0.1) is 5.69 Å². The van der Waals surface area contributed by atoms with Crippen molar-refractivity contribution >= 4 is 27.4 Å². The van der Waals surface area contributed by atoms with Gasteiger partial charge in [0.2, 0.25) is 0 Å². The SMILES string of the molecule is Cc1ccc(C(=O)Nc2nc(C(C)(C)C)c(N)s2)cc1C. The Hall–Kier alpha value is -1.88. The zero-order chi connectivity index (χ0) is 15.8. The first-order chi connectivity index (χ1) is 9.68. The number of hydrogen-bond donors (Lipinski definition) is 2. The largest absolute Gasteiger partial charge is 0.389 e. The first-order valence-electron chi connectivity index (χ1n) is 6.84. The fraction of sp³-hybridized carbons (Fsp3) is 0.375. The number of nitrogens with two attached hydrogens (primary N) is 1. The fourth-order valence-electron chi connectivity index (χ4n) is 1.97. The zero-order valence-corrected chi connectivity index (χ0v) is 13.9. The van der Waals surface area contributed by atoms with Crippen LogP contribution in [0.4, 0.5) is 10.1 Å². The van der Waals surface area contributed by atoms with Crippen LogP contribution in [0.1, 0.15) is 48.0 Å². The molecular weight excluding hydrogens is 282 g/mol. The third-order valence-electron chi connectivity index (χ3n) is 3.35. The summed E-state index contributed by atoms with van der Waals surface area (Å²) in [6.45, 7) is 10.2. The number of carbonyl (C=O) groups is 1. The van der Waals surface area contributed by atoms with Gasteiger partial charge in [-0.25, -0.2) is 4.98 Å². The van der Waals surface area contributed by atoms with Gasteiger partial charge < -0.3 is 5.73 Å². The second kappa shape index (κ2) is 5.48. The molecule has 5 heteroatoms. The highest BCUT2D eigenvalue weighted by atomic mass is 32.1. The van der Waals surface area contributed by atoms with Crippen LogP contribution in [-0.4, -0.2) is 10.9 Å². The monoisotopic (exact) mass is 303 g/mol. The Morgan fingerprint density at radius 3 is 2.43 bits per heavy atom. The van der Waals surface area contributed by atoms with Crippen molar-refractivity contribution in [1.82, 2.24) is 4.98 Å². The number of nitrogens with zero attached hydrogens (tertiary/aromatic N) is 1. The zero-order valence-electron chi connectivity index (χ0n) is 13.1. The number of benzene rings is 1. The van der Waals surface area contributed by atoms with Gasteiger partial charge in [0.15, 0.2) is 5.13 Å². The minimum atomic E-state index is -0.160. The molecule has 0 fully saturated rings. The Morgan fingerprint density at radius 1 is 1.24 bits per heavy atom. The molecule has 0 unspecified atom stereocenters. The number of nitrogen functional groups attached to an aromatic ring is 1. The molecule has 4 nitrogen and oxygen atoms in total. The van der Waals surface area contributed by atoms with Crippen molar-refractivity contribution in [2.75, 3.05) is 11.1 Å². The molecular formula is C16H21N3OS. The summed E-state index contributed by atoms with van der Waals surface area (Å²) in [5, 5.41) is 4.02. The second-order valence-electron chi connectivity index (χ2n) is 6.24. The number of anilines is 2. The van der Waals surface area contributed by atoms with Crippen LogP contribution in [0.5, 0.6) is 0 Å². The maximum Gasteiger partial charge on any atom is 0.257 e. The molecule has 21 heavy (non-hydrogen) atoms. The summed E-state index contributed by atoms with van der Waals surface area (Å²) in [5.41, 5.74) is 9.57. The van der Waals surface area contributed by atoms with Gasteiger partial charge in [-0.05, 0) is 37.1 Å². The van der Waals surface area contributed by atoms with E-state index in [0.717, 1.165) is 11.3 Å². The van der Waals surface area contributed by atoms with E-state index in [4.69, 9.17) is 5.73 Å². The molecule has 0 saturated heterocycles. The summed E-state index contributed by atoms with van der Waals surface area (Å²) in [4.78, 5) is 16.7. The van der Waals surface area contributed by atoms with Crippen LogP contribution in [0.15, 0.2) is 18.2 Å². The van der Waals surface area contributed by atoms with Gasteiger partial charge in [0.25, 0.3) is 5.91 Å². The first kappa shape index (κ1) is 15.5. The quantitative estimate of drug-likeness (QED) is 0.884. The third kappa shape index (κ3) is 3.42. The molecule has 3 N–H and O–H groups in total. The maximum atomic E-state index is 12.3. The van der Waals surface area contributed by atoms with Gasteiger partial charge in [0.1, 0.15) is 5.00 Å². The lowest BCUT2D eigenvalue weighted by Crippen LogP contribution is -2.15. The molecule has 1 heterocycles. The van der Waals surface area contributed by atoms with E-state index in [-0.39, 0.29) is 11.3 Å². The van der Waals surface area contributed by atoms with Crippen LogP contribution in [-0.2, 0) is 5.41 Å². The molecule has 0 aliphatic heterocycles. The van der Waals surface area contributed by atoms with E-state index >= 15 is 0 Å². The van der Waals surface area contributed by atoms with Gasteiger partial charge in [-0.2, -0.15) is 0 Å². The Kier molecular flexibility index (Phi) is 4.05. The number of hydrogen-bond acceptors (Lipinski definition) is 4. The van der Waals surface area contributed by atoms with E-state index in [9.17, 15) is 4.79 Å². The summed E-state index contributed by atoms with van der Waals surface area (Å²) in [7, 11) is 0. The van der Waals surface area contributed by atoms with E-state index in [1.165, 1.54) is 16.9 Å². The fourth-order valence-corrected chi connectivity index (χ4v) is 2.91. The highest BCUT2D eigenvalue weighted by Gasteiger charge is 2.22. The topological polar surface area (TPSA) is 68.0 Å². The molecule has 0 spiro atoms. The highest BCUT2D eigenvalue weighted by Crippen LogP contribution is 2.34. The second-order valence-corrected chi connectivity index (χ2v) is 7.27. The first-order valence-corrected chi connectivity index (χ1v) is 7.65. The summed E-state index contributed by atoms with van der Waals surface area (Å²) in [6.07, 6.45) is 0. The Balaban J connectivity index is 2.22. The normalized spacial score (nSPS) is 11.5. The van der Waals surface area contributed by atoms with Crippen LogP contribution in [0, 0.1) is 13.8 Å². The molecule has 1 aromatic carbocycles. The number of rotatable bonds is 2. The van der Waals surface area contributed by atoms with Gasteiger partial charge >= 0.3 is 0 Å². The van der Waals surface area contributed by atoms with E-state index in [2.05, 4.69) is 10.3 Å².